The molecule has 0 radical (unpaired) electrons. The largest absolute Gasteiger partial charge is 0.480 e. The zero-order valence-corrected chi connectivity index (χ0v) is 13.9. The lowest BCUT2D eigenvalue weighted by Gasteiger charge is -2.09. The molecule has 0 aliphatic rings. The van der Waals surface area contributed by atoms with Crippen LogP contribution in [-0.2, 0) is 9.59 Å². The van der Waals surface area contributed by atoms with Gasteiger partial charge in [0.25, 0.3) is 11.8 Å². The van der Waals surface area contributed by atoms with E-state index in [1.165, 1.54) is 6.08 Å². The molecule has 2 aromatic rings. The van der Waals surface area contributed by atoms with Gasteiger partial charge in [-0.05, 0) is 23.8 Å². The van der Waals surface area contributed by atoms with Crippen LogP contribution in [0.25, 0.3) is 6.08 Å². The smallest absolute Gasteiger partial charge is 0.322 e. The highest BCUT2D eigenvalue weighted by Crippen LogP contribution is 2.04. The maximum absolute atomic E-state index is 12.3. The number of amides is 2. The van der Waals surface area contributed by atoms with Gasteiger partial charge < -0.3 is 15.7 Å². The number of allylic oxidation sites excluding steroid dienone is 2. The summed E-state index contributed by atoms with van der Waals surface area (Å²) in [6.45, 7) is -0.542. The van der Waals surface area contributed by atoms with Crippen molar-refractivity contribution >= 4 is 23.9 Å². The number of rotatable bonds is 7. The van der Waals surface area contributed by atoms with E-state index in [9.17, 15) is 14.4 Å². The second-order valence-corrected chi connectivity index (χ2v) is 5.25. The first-order chi connectivity index (χ1) is 12.6. The quantitative estimate of drug-likeness (QED) is 0.527. The Morgan fingerprint density at radius 2 is 1.54 bits per heavy atom. The summed E-state index contributed by atoms with van der Waals surface area (Å²) in [5.74, 6) is -2.32. The zero-order chi connectivity index (χ0) is 18.8. The minimum atomic E-state index is -1.17. The molecular weight excluding hydrogens is 332 g/mol. The third-order valence-corrected chi connectivity index (χ3v) is 3.28. The Bertz CT molecular complexity index is 827. The highest BCUT2D eigenvalue weighted by molar-refractivity contribution is 6.03. The summed E-state index contributed by atoms with van der Waals surface area (Å²) < 4.78 is 0. The Kier molecular flexibility index (Phi) is 6.88. The number of benzene rings is 2. The van der Waals surface area contributed by atoms with Gasteiger partial charge in [-0.3, -0.25) is 14.4 Å². The number of aliphatic carboxylic acids is 1. The Morgan fingerprint density at radius 1 is 0.923 bits per heavy atom. The van der Waals surface area contributed by atoms with Gasteiger partial charge >= 0.3 is 5.97 Å². The summed E-state index contributed by atoms with van der Waals surface area (Å²) in [6.07, 6.45) is 4.79. The molecule has 0 saturated heterocycles. The van der Waals surface area contributed by atoms with E-state index in [0.29, 0.717) is 5.56 Å². The predicted molar refractivity (Wildman–Crippen MR) is 98.1 cm³/mol. The van der Waals surface area contributed by atoms with Crippen molar-refractivity contribution in [2.24, 2.45) is 0 Å². The van der Waals surface area contributed by atoms with Gasteiger partial charge in [-0.1, -0.05) is 60.7 Å². The van der Waals surface area contributed by atoms with E-state index in [1.807, 2.05) is 30.3 Å². The van der Waals surface area contributed by atoms with Gasteiger partial charge in [0.05, 0.1) is 0 Å². The third-order valence-electron chi connectivity index (χ3n) is 3.28. The molecule has 2 aromatic carbocycles. The molecule has 6 heteroatoms. The lowest BCUT2D eigenvalue weighted by atomic mass is 10.2. The highest BCUT2D eigenvalue weighted by Gasteiger charge is 2.14. The fourth-order valence-corrected chi connectivity index (χ4v) is 2.03. The van der Waals surface area contributed by atoms with Crippen LogP contribution in [0.2, 0.25) is 0 Å². The number of carbonyl (C=O) groups excluding carboxylic acids is 2. The molecule has 0 aliphatic heterocycles. The number of carboxylic acids is 1. The lowest BCUT2D eigenvalue weighted by Crippen LogP contribution is -2.37. The van der Waals surface area contributed by atoms with E-state index in [4.69, 9.17) is 5.11 Å². The zero-order valence-electron chi connectivity index (χ0n) is 13.9. The molecule has 0 unspecified atom stereocenters. The van der Waals surface area contributed by atoms with Gasteiger partial charge in [-0.2, -0.15) is 0 Å². The molecule has 0 fully saturated rings. The minimum absolute atomic E-state index is 0.0488. The first kappa shape index (κ1) is 18.7. The van der Waals surface area contributed by atoms with Crippen LogP contribution in [0.5, 0.6) is 0 Å². The van der Waals surface area contributed by atoms with Crippen molar-refractivity contribution in [2.45, 2.75) is 0 Å². The molecule has 0 bridgehead atoms. The van der Waals surface area contributed by atoms with Crippen LogP contribution < -0.4 is 10.6 Å². The van der Waals surface area contributed by atoms with Crippen LogP contribution in [0, 0.1) is 0 Å². The molecule has 26 heavy (non-hydrogen) atoms. The Balaban J connectivity index is 2.16. The lowest BCUT2D eigenvalue weighted by molar-refractivity contribution is -0.137. The first-order valence-electron chi connectivity index (χ1n) is 7.86. The van der Waals surface area contributed by atoms with Crippen LogP contribution in [0.1, 0.15) is 15.9 Å². The average molecular weight is 350 g/mol. The van der Waals surface area contributed by atoms with Crippen molar-refractivity contribution in [1.29, 1.82) is 0 Å². The summed E-state index contributed by atoms with van der Waals surface area (Å²) in [5.41, 5.74) is 1.26. The molecule has 2 amide bonds. The van der Waals surface area contributed by atoms with Crippen molar-refractivity contribution in [1.82, 2.24) is 10.6 Å². The molecule has 2 rings (SSSR count). The third kappa shape index (κ3) is 6.09. The van der Waals surface area contributed by atoms with Gasteiger partial charge in [-0.15, -0.1) is 0 Å². The van der Waals surface area contributed by atoms with Crippen molar-refractivity contribution in [2.75, 3.05) is 6.54 Å². The van der Waals surface area contributed by atoms with Crippen molar-refractivity contribution in [3.8, 4) is 0 Å². The summed E-state index contributed by atoms with van der Waals surface area (Å²) in [7, 11) is 0. The van der Waals surface area contributed by atoms with E-state index in [2.05, 4.69) is 10.6 Å². The van der Waals surface area contributed by atoms with Crippen molar-refractivity contribution in [3.05, 3.63) is 89.6 Å². The highest BCUT2D eigenvalue weighted by atomic mass is 16.4. The number of carboxylic acid groups (broad SMARTS) is 1. The Morgan fingerprint density at radius 3 is 2.15 bits per heavy atom. The maximum Gasteiger partial charge on any atom is 0.322 e. The van der Waals surface area contributed by atoms with Crippen molar-refractivity contribution < 1.29 is 19.5 Å². The van der Waals surface area contributed by atoms with E-state index in [-0.39, 0.29) is 5.70 Å². The van der Waals surface area contributed by atoms with Gasteiger partial charge in [0.15, 0.2) is 0 Å². The molecule has 0 atom stereocenters. The first-order valence-corrected chi connectivity index (χ1v) is 7.86. The SMILES string of the molecule is O=C(O)CNC(=O)C(=CC=Cc1ccccc1)NC(=O)c1ccccc1. The van der Waals surface area contributed by atoms with Crippen LogP contribution >= 0.6 is 0 Å². The van der Waals surface area contributed by atoms with Crippen LogP contribution in [0.4, 0.5) is 0 Å². The van der Waals surface area contributed by atoms with Crippen LogP contribution in [0.15, 0.2) is 78.5 Å². The fraction of sp³-hybridized carbons (Fsp3) is 0.0500. The van der Waals surface area contributed by atoms with E-state index < -0.39 is 24.3 Å². The van der Waals surface area contributed by atoms with E-state index in [1.54, 1.807) is 42.5 Å². The molecule has 0 spiro atoms. The second-order valence-electron chi connectivity index (χ2n) is 5.25. The number of hydrogen-bond acceptors (Lipinski definition) is 3. The second kappa shape index (κ2) is 9.58. The van der Waals surface area contributed by atoms with Gasteiger partial charge in [0, 0.05) is 5.56 Å². The van der Waals surface area contributed by atoms with Gasteiger partial charge in [0.2, 0.25) is 0 Å². The number of hydrogen-bond donors (Lipinski definition) is 3. The molecule has 3 N–H and O–H groups in total. The molecule has 6 nitrogen and oxygen atoms in total. The van der Waals surface area contributed by atoms with Crippen molar-refractivity contribution in [3.63, 3.8) is 0 Å². The van der Waals surface area contributed by atoms with E-state index >= 15 is 0 Å². The summed E-state index contributed by atoms with van der Waals surface area (Å²) >= 11 is 0. The molecular formula is C20H18N2O4. The summed E-state index contributed by atoms with van der Waals surface area (Å²) in [4.78, 5) is 35.1. The van der Waals surface area contributed by atoms with E-state index in [0.717, 1.165) is 5.56 Å². The Hall–Kier alpha value is -3.67. The minimum Gasteiger partial charge on any atom is -0.480 e. The molecule has 0 aliphatic carbocycles. The molecule has 0 saturated carbocycles. The van der Waals surface area contributed by atoms with Gasteiger partial charge in [-0.25, -0.2) is 0 Å². The monoisotopic (exact) mass is 350 g/mol. The predicted octanol–water partition coefficient (Wildman–Crippen LogP) is 2.21. The summed E-state index contributed by atoms with van der Waals surface area (Å²) in [6, 6.07) is 17.8. The van der Waals surface area contributed by atoms with Crippen LogP contribution in [-0.4, -0.2) is 29.4 Å². The fourth-order valence-electron chi connectivity index (χ4n) is 2.03. The molecule has 132 valence electrons. The normalized spacial score (nSPS) is 11.2. The Labute approximate surface area is 150 Å². The van der Waals surface area contributed by atoms with Gasteiger partial charge in [0.1, 0.15) is 12.2 Å². The van der Waals surface area contributed by atoms with Crippen LogP contribution in [0.3, 0.4) is 0 Å². The molecule has 0 aromatic heterocycles. The number of carbonyl (C=O) groups is 3. The summed E-state index contributed by atoms with van der Waals surface area (Å²) in [5, 5.41) is 13.4. The standard InChI is InChI=1S/C20H18N2O4/c23-18(24)14-21-20(26)17(13-7-10-15-8-3-1-4-9-15)22-19(25)16-11-5-2-6-12-16/h1-13H,14H2,(H,21,26)(H,22,25)(H,23,24). The number of nitrogens with one attached hydrogen (secondary N) is 2. The average Bonchev–Trinajstić information content (AvgIpc) is 2.66. The molecule has 0 heterocycles. The topological polar surface area (TPSA) is 95.5 Å². The maximum atomic E-state index is 12.3.